The van der Waals surface area contributed by atoms with E-state index in [0.717, 1.165) is 18.5 Å². The second kappa shape index (κ2) is 4.66. The predicted molar refractivity (Wildman–Crippen MR) is 62.0 cm³/mol. The Morgan fingerprint density at radius 3 is 2.88 bits per heavy atom. The molecule has 1 aromatic carbocycles. The Kier molecular flexibility index (Phi) is 3.25. The molecule has 0 amide bonds. The molecule has 16 heavy (non-hydrogen) atoms. The van der Waals surface area contributed by atoms with Gasteiger partial charge in [0, 0.05) is 23.2 Å². The number of rotatable bonds is 2. The lowest BCUT2D eigenvalue weighted by Crippen LogP contribution is -2.09. The van der Waals surface area contributed by atoms with Crippen LogP contribution in [0.4, 0.5) is 10.1 Å². The van der Waals surface area contributed by atoms with Crippen molar-refractivity contribution in [3.63, 3.8) is 0 Å². The molecule has 0 radical (unpaired) electrons. The van der Waals surface area contributed by atoms with Gasteiger partial charge in [0.05, 0.1) is 5.69 Å². The van der Waals surface area contributed by atoms with Gasteiger partial charge in [-0.05, 0) is 31.0 Å². The second-order valence-corrected chi connectivity index (χ2v) is 4.18. The number of hydrogen-bond acceptors (Lipinski definition) is 2. The largest absolute Gasteiger partial charge is 0.356 e. The first-order valence-electron chi connectivity index (χ1n) is 5.10. The Morgan fingerprint density at radius 1 is 1.31 bits per heavy atom. The molecule has 1 aliphatic carbocycles. The third kappa shape index (κ3) is 2.61. The van der Waals surface area contributed by atoms with E-state index in [-0.39, 0.29) is 11.6 Å². The van der Waals surface area contributed by atoms with Crippen LogP contribution in [0.15, 0.2) is 30.0 Å². The van der Waals surface area contributed by atoms with Crippen LogP contribution in [-0.4, -0.2) is 5.78 Å². The molecule has 1 N–H and O–H groups in total. The Bertz CT molecular complexity index is 456. The van der Waals surface area contributed by atoms with Crippen molar-refractivity contribution in [2.45, 2.75) is 19.3 Å². The zero-order chi connectivity index (χ0) is 11.5. The van der Waals surface area contributed by atoms with Crippen molar-refractivity contribution < 1.29 is 9.18 Å². The summed E-state index contributed by atoms with van der Waals surface area (Å²) in [6, 6.07) is 4.30. The number of allylic oxidation sites excluding steroid dienone is 2. The third-order valence-corrected chi connectivity index (χ3v) is 2.66. The number of hydrogen-bond donors (Lipinski definition) is 1. The summed E-state index contributed by atoms with van der Waals surface area (Å²) < 4.78 is 13.4. The topological polar surface area (TPSA) is 29.1 Å². The predicted octanol–water partition coefficient (Wildman–Crippen LogP) is 3.53. The summed E-state index contributed by atoms with van der Waals surface area (Å²) in [7, 11) is 0. The minimum atomic E-state index is -0.372. The minimum Gasteiger partial charge on any atom is -0.356 e. The standard InChI is InChI=1S/C12H11ClFNO/c13-8-4-5-11(14)12(6-8)15-9-2-1-3-10(16)7-9/h4-7,15H,1-3H2. The zero-order valence-corrected chi connectivity index (χ0v) is 9.35. The number of anilines is 1. The van der Waals surface area contributed by atoms with E-state index in [4.69, 9.17) is 11.6 Å². The summed E-state index contributed by atoms with van der Waals surface area (Å²) in [6.45, 7) is 0. The Hall–Kier alpha value is -1.35. The highest BCUT2D eigenvalue weighted by Gasteiger charge is 2.11. The molecule has 1 aliphatic rings. The summed E-state index contributed by atoms with van der Waals surface area (Å²) >= 11 is 5.77. The number of halogens is 2. The van der Waals surface area contributed by atoms with Crippen molar-refractivity contribution in [3.8, 4) is 0 Å². The fraction of sp³-hybridized carbons (Fsp3) is 0.250. The molecule has 0 saturated heterocycles. The van der Waals surface area contributed by atoms with Crippen molar-refractivity contribution in [2.75, 3.05) is 5.32 Å². The maximum atomic E-state index is 13.4. The van der Waals surface area contributed by atoms with E-state index in [1.807, 2.05) is 0 Å². The van der Waals surface area contributed by atoms with E-state index in [0.29, 0.717) is 17.1 Å². The molecule has 2 nitrogen and oxygen atoms in total. The molecule has 0 fully saturated rings. The number of nitrogens with one attached hydrogen (secondary N) is 1. The van der Waals surface area contributed by atoms with Crippen molar-refractivity contribution in [1.82, 2.24) is 0 Å². The first-order chi connectivity index (χ1) is 7.65. The summed E-state index contributed by atoms with van der Waals surface area (Å²) in [4.78, 5) is 11.2. The van der Waals surface area contributed by atoms with E-state index >= 15 is 0 Å². The monoisotopic (exact) mass is 239 g/mol. The third-order valence-electron chi connectivity index (χ3n) is 2.43. The zero-order valence-electron chi connectivity index (χ0n) is 8.59. The second-order valence-electron chi connectivity index (χ2n) is 3.74. The molecule has 2 rings (SSSR count). The average Bonchev–Trinajstić information content (AvgIpc) is 2.24. The average molecular weight is 240 g/mol. The van der Waals surface area contributed by atoms with Crippen LogP contribution < -0.4 is 5.32 Å². The van der Waals surface area contributed by atoms with Crippen LogP contribution >= 0.6 is 11.6 Å². The van der Waals surface area contributed by atoms with E-state index in [1.54, 1.807) is 0 Å². The molecule has 0 heterocycles. The van der Waals surface area contributed by atoms with Crippen LogP contribution in [0, 0.1) is 5.82 Å². The van der Waals surface area contributed by atoms with E-state index in [9.17, 15) is 9.18 Å². The van der Waals surface area contributed by atoms with Crippen molar-refractivity contribution in [3.05, 3.63) is 40.8 Å². The summed E-state index contributed by atoms with van der Waals surface area (Å²) in [5.74, 6) is -0.292. The highest BCUT2D eigenvalue weighted by Crippen LogP contribution is 2.23. The molecule has 0 saturated carbocycles. The van der Waals surface area contributed by atoms with Crippen LogP contribution in [0.1, 0.15) is 19.3 Å². The van der Waals surface area contributed by atoms with Gasteiger partial charge in [-0.15, -0.1) is 0 Å². The lowest BCUT2D eigenvalue weighted by atomic mass is 10.0. The molecular weight excluding hydrogens is 229 g/mol. The van der Waals surface area contributed by atoms with Crippen molar-refractivity contribution in [2.24, 2.45) is 0 Å². The van der Waals surface area contributed by atoms with Gasteiger partial charge in [0.25, 0.3) is 0 Å². The van der Waals surface area contributed by atoms with Crippen molar-refractivity contribution in [1.29, 1.82) is 0 Å². The van der Waals surface area contributed by atoms with Gasteiger partial charge >= 0.3 is 0 Å². The Labute approximate surface area is 98.1 Å². The van der Waals surface area contributed by atoms with Crippen LogP contribution in [0.3, 0.4) is 0 Å². The molecule has 0 aromatic heterocycles. The van der Waals surface area contributed by atoms with Gasteiger partial charge < -0.3 is 5.32 Å². The van der Waals surface area contributed by atoms with Gasteiger partial charge in [-0.2, -0.15) is 0 Å². The van der Waals surface area contributed by atoms with Gasteiger partial charge in [-0.3, -0.25) is 4.79 Å². The van der Waals surface area contributed by atoms with Crippen LogP contribution in [0.25, 0.3) is 0 Å². The molecule has 4 heteroatoms. The number of benzene rings is 1. The van der Waals surface area contributed by atoms with Gasteiger partial charge in [0.2, 0.25) is 0 Å². The molecule has 0 unspecified atom stereocenters. The normalized spacial score (nSPS) is 15.9. The van der Waals surface area contributed by atoms with Crippen LogP contribution in [-0.2, 0) is 4.79 Å². The maximum Gasteiger partial charge on any atom is 0.157 e. The molecular formula is C12H11ClFNO. The van der Waals surface area contributed by atoms with Gasteiger partial charge in [-0.1, -0.05) is 11.6 Å². The molecule has 1 aromatic rings. The summed E-state index contributed by atoms with van der Waals surface area (Å²) in [6.07, 6.45) is 3.67. The summed E-state index contributed by atoms with van der Waals surface area (Å²) in [5, 5.41) is 3.37. The molecule has 0 bridgehead atoms. The highest BCUT2D eigenvalue weighted by molar-refractivity contribution is 6.30. The fourth-order valence-electron chi connectivity index (χ4n) is 1.66. The maximum absolute atomic E-state index is 13.4. The molecule has 0 aliphatic heterocycles. The smallest absolute Gasteiger partial charge is 0.157 e. The first kappa shape index (κ1) is 11.1. The van der Waals surface area contributed by atoms with Gasteiger partial charge in [0.15, 0.2) is 5.78 Å². The SMILES string of the molecule is O=C1C=C(Nc2cc(Cl)ccc2F)CCC1. The highest BCUT2D eigenvalue weighted by atomic mass is 35.5. The Balaban J connectivity index is 2.20. The van der Waals surface area contributed by atoms with Gasteiger partial charge in [0.1, 0.15) is 5.82 Å². The van der Waals surface area contributed by atoms with Crippen LogP contribution in [0.2, 0.25) is 5.02 Å². The number of carbonyl (C=O) groups excluding carboxylic acids is 1. The minimum absolute atomic E-state index is 0.0798. The summed E-state index contributed by atoms with van der Waals surface area (Å²) in [5.41, 5.74) is 1.06. The molecule has 0 spiro atoms. The lowest BCUT2D eigenvalue weighted by molar-refractivity contribution is -0.115. The first-order valence-corrected chi connectivity index (χ1v) is 5.48. The van der Waals surface area contributed by atoms with Crippen LogP contribution in [0.5, 0.6) is 0 Å². The van der Waals surface area contributed by atoms with E-state index < -0.39 is 0 Å². The van der Waals surface area contributed by atoms with Gasteiger partial charge in [-0.25, -0.2) is 4.39 Å². The lowest BCUT2D eigenvalue weighted by Gasteiger charge is -2.15. The number of carbonyl (C=O) groups is 1. The molecule has 84 valence electrons. The van der Waals surface area contributed by atoms with Crippen molar-refractivity contribution >= 4 is 23.1 Å². The molecule has 0 atom stereocenters. The fourth-order valence-corrected chi connectivity index (χ4v) is 1.83. The quantitative estimate of drug-likeness (QED) is 0.856. The van der Waals surface area contributed by atoms with E-state index in [1.165, 1.54) is 24.3 Å². The Morgan fingerprint density at radius 2 is 2.12 bits per heavy atom. The number of ketones is 1. The van der Waals surface area contributed by atoms with E-state index in [2.05, 4.69) is 5.32 Å².